The first-order valence-electron chi connectivity index (χ1n) is 7.47. The first kappa shape index (κ1) is 15.4. The highest BCUT2D eigenvalue weighted by Crippen LogP contribution is 2.31. The number of aryl methyl sites for hydroxylation is 1. The highest BCUT2D eigenvalue weighted by atomic mass is 32.1. The molecule has 1 N–H and O–H groups in total. The highest BCUT2D eigenvalue weighted by molar-refractivity contribution is 7.19. The van der Waals surface area contributed by atoms with Gasteiger partial charge in [-0.2, -0.15) is 0 Å². The van der Waals surface area contributed by atoms with E-state index in [1.807, 2.05) is 55.5 Å². The average Bonchev–Trinajstić information content (AvgIpc) is 2.95. The third kappa shape index (κ3) is 3.85. The van der Waals surface area contributed by atoms with E-state index < -0.39 is 5.97 Å². The molecule has 0 bridgehead atoms. The van der Waals surface area contributed by atoms with Gasteiger partial charge in [0.25, 0.3) is 0 Å². The summed E-state index contributed by atoms with van der Waals surface area (Å²) in [6.45, 7) is 2.05. The summed E-state index contributed by atoms with van der Waals surface area (Å²) in [4.78, 5) is 15.6. The van der Waals surface area contributed by atoms with Crippen molar-refractivity contribution in [2.75, 3.05) is 0 Å². The SMILES string of the molecule is Cc1cccc(/C=C(\CCC(=O)O)c2nc3ccccc3s2)c1. The van der Waals surface area contributed by atoms with Gasteiger partial charge in [-0.3, -0.25) is 4.79 Å². The van der Waals surface area contributed by atoms with Gasteiger partial charge in [0.1, 0.15) is 5.01 Å². The van der Waals surface area contributed by atoms with Crippen LogP contribution >= 0.6 is 11.3 Å². The minimum atomic E-state index is -0.791. The maximum absolute atomic E-state index is 11.0. The van der Waals surface area contributed by atoms with E-state index in [4.69, 9.17) is 5.11 Å². The molecule has 0 aliphatic carbocycles. The summed E-state index contributed by atoms with van der Waals surface area (Å²) in [5.74, 6) is -0.791. The molecule has 4 heteroatoms. The van der Waals surface area contributed by atoms with E-state index in [0.717, 1.165) is 26.4 Å². The van der Waals surface area contributed by atoms with Crippen molar-refractivity contribution in [2.45, 2.75) is 19.8 Å². The monoisotopic (exact) mass is 323 g/mol. The molecule has 3 aromatic rings. The van der Waals surface area contributed by atoms with Crippen LogP contribution in [-0.2, 0) is 4.79 Å². The number of allylic oxidation sites excluding steroid dienone is 1. The Hall–Kier alpha value is -2.46. The highest BCUT2D eigenvalue weighted by Gasteiger charge is 2.11. The van der Waals surface area contributed by atoms with Crippen LogP contribution in [0, 0.1) is 6.92 Å². The zero-order valence-electron chi connectivity index (χ0n) is 12.8. The third-order valence-corrected chi connectivity index (χ3v) is 4.67. The molecule has 0 saturated carbocycles. The van der Waals surface area contributed by atoms with Crippen molar-refractivity contribution < 1.29 is 9.90 Å². The van der Waals surface area contributed by atoms with Crippen molar-refractivity contribution >= 4 is 39.2 Å². The van der Waals surface area contributed by atoms with Crippen LogP contribution in [0.3, 0.4) is 0 Å². The molecule has 23 heavy (non-hydrogen) atoms. The number of para-hydroxylation sites is 1. The minimum absolute atomic E-state index is 0.105. The Balaban J connectivity index is 2.02. The third-order valence-electron chi connectivity index (χ3n) is 3.56. The van der Waals surface area contributed by atoms with E-state index in [-0.39, 0.29) is 6.42 Å². The summed E-state index contributed by atoms with van der Waals surface area (Å²) in [5, 5.41) is 9.91. The molecule has 1 heterocycles. The van der Waals surface area contributed by atoms with E-state index in [2.05, 4.69) is 11.1 Å². The number of nitrogens with zero attached hydrogens (tertiary/aromatic N) is 1. The number of thiazole rings is 1. The number of aliphatic carboxylic acids is 1. The molecule has 0 radical (unpaired) electrons. The number of hydrogen-bond acceptors (Lipinski definition) is 3. The van der Waals surface area contributed by atoms with Crippen LogP contribution in [0.4, 0.5) is 0 Å². The number of carbonyl (C=O) groups is 1. The standard InChI is InChI=1S/C19H17NO2S/c1-13-5-4-6-14(11-13)12-15(9-10-18(21)22)19-20-16-7-2-3-8-17(16)23-19/h2-8,11-12H,9-10H2,1H3,(H,21,22)/b15-12+. The van der Waals surface area contributed by atoms with E-state index in [1.54, 1.807) is 11.3 Å². The first-order valence-corrected chi connectivity index (χ1v) is 8.28. The van der Waals surface area contributed by atoms with Crippen molar-refractivity contribution in [1.29, 1.82) is 0 Å². The molecule has 0 amide bonds. The van der Waals surface area contributed by atoms with Crippen molar-refractivity contribution in [3.8, 4) is 0 Å². The van der Waals surface area contributed by atoms with Crippen molar-refractivity contribution in [1.82, 2.24) is 4.98 Å². The van der Waals surface area contributed by atoms with Gasteiger partial charge in [-0.1, -0.05) is 42.0 Å². The summed E-state index contributed by atoms with van der Waals surface area (Å²) in [5.41, 5.74) is 4.18. The fraction of sp³-hybridized carbons (Fsp3) is 0.158. The summed E-state index contributed by atoms with van der Waals surface area (Å²) < 4.78 is 1.12. The van der Waals surface area contributed by atoms with Crippen LogP contribution in [0.2, 0.25) is 0 Å². The molecule has 0 unspecified atom stereocenters. The van der Waals surface area contributed by atoms with Gasteiger partial charge >= 0.3 is 5.97 Å². The van der Waals surface area contributed by atoms with E-state index >= 15 is 0 Å². The lowest BCUT2D eigenvalue weighted by Crippen LogP contribution is -1.95. The molecule has 0 fully saturated rings. The summed E-state index contributed by atoms with van der Waals surface area (Å²) >= 11 is 1.61. The molecular weight excluding hydrogens is 306 g/mol. The number of aromatic nitrogens is 1. The lowest BCUT2D eigenvalue weighted by atomic mass is 10.1. The molecule has 116 valence electrons. The van der Waals surface area contributed by atoms with Crippen LogP contribution in [0.15, 0.2) is 48.5 Å². The van der Waals surface area contributed by atoms with Crippen molar-refractivity contribution in [2.24, 2.45) is 0 Å². The van der Waals surface area contributed by atoms with E-state index in [1.165, 1.54) is 5.56 Å². The Morgan fingerprint density at radius 2 is 2.00 bits per heavy atom. The first-order chi connectivity index (χ1) is 11.1. The fourth-order valence-electron chi connectivity index (χ4n) is 2.45. The quantitative estimate of drug-likeness (QED) is 0.718. The Morgan fingerprint density at radius 3 is 2.74 bits per heavy atom. The smallest absolute Gasteiger partial charge is 0.303 e. The summed E-state index contributed by atoms with van der Waals surface area (Å²) in [6, 6.07) is 16.2. The lowest BCUT2D eigenvalue weighted by molar-refractivity contribution is -0.136. The van der Waals surface area contributed by atoms with Gasteiger partial charge in [0.05, 0.1) is 10.2 Å². The summed E-state index contributed by atoms with van der Waals surface area (Å²) in [6.07, 6.45) is 2.63. The topological polar surface area (TPSA) is 50.2 Å². The Labute approximate surface area is 138 Å². The Kier molecular flexibility index (Phi) is 4.53. The van der Waals surface area contributed by atoms with E-state index in [0.29, 0.717) is 6.42 Å². The lowest BCUT2D eigenvalue weighted by Gasteiger charge is -2.04. The number of fused-ring (bicyclic) bond motifs is 1. The molecular formula is C19H17NO2S. The number of rotatable bonds is 5. The van der Waals surface area contributed by atoms with Gasteiger partial charge in [0.15, 0.2) is 0 Å². The normalized spacial score (nSPS) is 11.8. The second kappa shape index (κ2) is 6.75. The molecule has 0 atom stereocenters. The predicted octanol–water partition coefficient (Wildman–Crippen LogP) is 5.01. The largest absolute Gasteiger partial charge is 0.481 e. The second-order valence-electron chi connectivity index (χ2n) is 5.46. The Bertz CT molecular complexity index is 847. The summed E-state index contributed by atoms with van der Waals surface area (Å²) in [7, 11) is 0. The maximum Gasteiger partial charge on any atom is 0.303 e. The van der Waals surface area contributed by atoms with E-state index in [9.17, 15) is 4.79 Å². The van der Waals surface area contributed by atoms with Gasteiger partial charge in [0.2, 0.25) is 0 Å². The van der Waals surface area contributed by atoms with Gasteiger partial charge < -0.3 is 5.11 Å². The molecule has 0 aliphatic rings. The molecule has 0 aliphatic heterocycles. The zero-order chi connectivity index (χ0) is 16.2. The molecule has 0 saturated heterocycles. The van der Waals surface area contributed by atoms with Crippen LogP contribution in [-0.4, -0.2) is 16.1 Å². The van der Waals surface area contributed by atoms with Gasteiger partial charge in [-0.25, -0.2) is 4.98 Å². The van der Waals surface area contributed by atoms with Crippen molar-refractivity contribution in [3.63, 3.8) is 0 Å². The molecule has 3 rings (SSSR count). The van der Waals surface area contributed by atoms with Crippen LogP contribution in [0.1, 0.15) is 29.0 Å². The number of benzene rings is 2. The number of hydrogen-bond donors (Lipinski definition) is 1. The minimum Gasteiger partial charge on any atom is -0.481 e. The van der Waals surface area contributed by atoms with Crippen molar-refractivity contribution in [3.05, 3.63) is 64.7 Å². The fourth-order valence-corrected chi connectivity index (χ4v) is 3.46. The van der Waals surface area contributed by atoms with Gasteiger partial charge in [-0.15, -0.1) is 11.3 Å². The van der Waals surface area contributed by atoms with Crippen LogP contribution in [0.5, 0.6) is 0 Å². The van der Waals surface area contributed by atoms with Gasteiger partial charge in [0, 0.05) is 6.42 Å². The molecule has 2 aromatic carbocycles. The predicted molar refractivity (Wildman–Crippen MR) is 95.5 cm³/mol. The number of carboxylic acids is 1. The number of carboxylic acid groups (broad SMARTS) is 1. The van der Waals surface area contributed by atoms with Gasteiger partial charge in [-0.05, 0) is 42.7 Å². The average molecular weight is 323 g/mol. The molecule has 0 spiro atoms. The molecule has 3 nitrogen and oxygen atoms in total. The van der Waals surface area contributed by atoms with Crippen LogP contribution in [0.25, 0.3) is 21.9 Å². The van der Waals surface area contributed by atoms with Crippen LogP contribution < -0.4 is 0 Å². The Morgan fingerprint density at radius 1 is 1.17 bits per heavy atom. The molecule has 1 aromatic heterocycles. The zero-order valence-corrected chi connectivity index (χ0v) is 13.6. The maximum atomic E-state index is 11.0. The second-order valence-corrected chi connectivity index (χ2v) is 6.49.